The van der Waals surface area contributed by atoms with Crippen molar-refractivity contribution >= 4 is 29.1 Å². The van der Waals surface area contributed by atoms with Crippen molar-refractivity contribution in [1.29, 1.82) is 0 Å². The van der Waals surface area contributed by atoms with Crippen LogP contribution in [0.2, 0.25) is 5.02 Å². The summed E-state index contributed by atoms with van der Waals surface area (Å²) in [5.41, 5.74) is 6.61. The lowest BCUT2D eigenvalue weighted by Crippen LogP contribution is -2.33. The minimum atomic E-state index is -4.85. The van der Waals surface area contributed by atoms with Crippen LogP contribution in [0.15, 0.2) is 35.5 Å². The Morgan fingerprint density at radius 3 is 2.53 bits per heavy atom. The van der Waals surface area contributed by atoms with Gasteiger partial charge in [0, 0.05) is 22.0 Å². The van der Waals surface area contributed by atoms with Crippen LogP contribution in [0.4, 0.5) is 24.7 Å². The summed E-state index contributed by atoms with van der Waals surface area (Å²) in [5.74, 6) is -2.33. The molecule has 2 heterocycles. The molecule has 1 aromatic carbocycles. The van der Waals surface area contributed by atoms with E-state index in [2.05, 4.69) is 10.3 Å². The molecule has 2 aromatic rings. The van der Waals surface area contributed by atoms with Crippen LogP contribution in [0.5, 0.6) is 0 Å². The lowest BCUT2D eigenvalue weighted by atomic mass is 9.80. The Morgan fingerprint density at radius 2 is 1.97 bits per heavy atom. The molecule has 160 valence electrons. The first-order chi connectivity index (χ1) is 14.1. The fourth-order valence-electron chi connectivity index (χ4n) is 3.64. The van der Waals surface area contributed by atoms with Crippen LogP contribution in [0.1, 0.15) is 42.1 Å². The molecule has 1 aromatic heterocycles. The van der Waals surface area contributed by atoms with Gasteiger partial charge in [-0.2, -0.15) is 13.2 Å². The number of hydrogen-bond donors (Lipinski definition) is 2. The van der Waals surface area contributed by atoms with Crippen molar-refractivity contribution in [3.63, 3.8) is 0 Å². The number of nitrogens with one attached hydrogen (secondary N) is 1. The van der Waals surface area contributed by atoms with E-state index < -0.39 is 29.3 Å². The zero-order valence-electron chi connectivity index (χ0n) is 16.7. The van der Waals surface area contributed by atoms with E-state index in [0.717, 1.165) is 0 Å². The molecule has 0 aliphatic carbocycles. The smallest absolute Gasteiger partial charge is 0.431 e. The maximum Gasteiger partial charge on any atom is 0.431 e. The summed E-state index contributed by atoms with van der Waals surface area (Å²) in [6, 6.07) is 6.40. The number of benzene rings is 1. The number of allylic oxidation sites excluding steroid dienone is 1. The topological polar surface area (TPSA) is 77.2 Å². The lowest BCUT2D eigenvalue weighted by molar-refractivity contribution is -0.140. The van der Waals surface area contributed by atoms with E-state index >= 15 is 0 Å². The number of nitrogen functional groups attached to an aromatic ring is 1. The van der Waals surface area contributed by atoms with Crippen molar-refractivity contribution < 1.29 is 22.7 Å². The highest BCUT2D eigenvalue weighted by Crippen LogP contribution is 2.49. The minimum Gasteiger partial charge on any atom is -0.463 e. The molecule has 1 unspecified atom stereocenters. The van der Waals surface area contributed by atoms with Gasteiger partial charge in [-0.1, -0.05) is 36.7 Å². The van der Waals surface area contributed by atoms with Crippen molar-refractivity contribution in [3.8, 4) is 0 Å². The van der Waals surface area contributed by atoms with Gasteiger partial charge in [0.05, 0.1) is 18.1 Å². The number of nitrogens with zero attached hydrogens (tertiary/aromatic N) is 1. The largest absolute Gasteiger partial charge is 0.463 e. The third kappa shape index (κ3) is 3.71. The van der Waals surface area contributed by atoms with Crippen LogP contribution in [0.3, 0.4) is 0 Å². The Labute approximate surface area is 177 Å². The number of aromatic nitrogens is 1. The molecule has 30 heavy (non-hydrogen) atoms. The maximum absolute atomic E-state index is 14.0. The van der Waals surface area contributed by atoms with E-state index in [0.29, 0.717) is 23.2 Å². The first kappa shape index (κ1) is 22.0. The van der Waals surface area contributed by atoms with Crippen molar-refractivity contribution in [1.82, 2.24) is 4.98 Å². The molecule has 0 saturated heterocycles. The van der Waals surface area contributed by atoms with Crippen LogP contribution >= 0.6 is 11.6 Å². The average molecular weight is 440 g/mol. The number of carbonyl (C=O) groups is 1. The molecule has 0 radical (unpaired) electrons. The second-order valence-electron chi connectivity index (χ2n) is 6.80. The van der Waals surface area contributed by atoms with Crippen LogP contribution in [-0.2, 0) is 16.0 Å². The molecule has 0 saturated carbocycles. The second-order valence-corrected chi connectivity index (χ2v) is 7.21. The zero-order chi connectivity index (χ0) is 22.2. The number of fused-ring (bicyclic) bond motifs is 1. The van der Waals surface area contributed by atoms with Crippen molar-refractivity contribution in [2.75, 3.05) is 17.7 Å². The highest BCUT2D eigenvalue weighted by molar-refractivity contribution is 6.31. The van der Waals surface area contributed by atoms with Crippen LogP contribution in [0.25, 0.3) is 0 Å². The van der Waals surface area contributed by atoms with Gasteiger partial charge in [-0.15, -0.1) is 0 Å². The summed E-state index contributed by atoms with van der Waals surface area (Å²) >= 11 is 6.35. The van der Waals surface area contributed by atoms with E-state index in [1.807, 2.05) is 6.92 Å². The number of carbonyl (C=O) groups excluding carboxylic acids is 1. The average Bonchev–Trinajstić information content (AvgIpc) is 2.69. The normalized spacial score (nSPS) is 16.2. The maximum atomic E-state index is 14.0. The van der Waals surface area contributed by atoms with Crippen molar-refractivity contribution in [2.24, 2.45) is 0 Å². The highest BCUT2D eigenvalue weighted by Gasteiger charge is 2.47. The number of rotatable bonds is 4. The SMILES string of the molecule is CCOC(=O)C1=C(C(F)(F)F)Nc2nc(CC)c(C)c(N)c2C1c1ccccc1Cl. The number of anilines is 2. The number of pyridine rings is 1. The quantitative estimate of drug-likeness (QED) is 0.646. The van der Waals surface area contributed by atoms with E-state index in [-0.39, 0.29) is 28.7 Å². The standard InChI is InChI=1S/C21H21ClF3N3O2/c1-4-13-10(3)17(26)15-14(11-8-6-7-9-12(11)22)16(20(29)30-5-2)18(21(23,24)25)28-19(15)27-13/h6-9,14H,4-5H2,1-3H3,(H3,26,27,28). The molecule has 0 amide bonds. The number of esters is 1. The zero-order valence-corrected chi connectivity index (χ0v) is 17.4. The number of nitrogens with two attached hydrogens (primary N) is 1. The molecule has 5 nitrogen and oxygen atoms in total. The van der Waals surface area contributed by atoms with E-state index in [4.69, 9.17) is 22.1 Å². The third-order valence-corrected chi connectivity index (χ3v) is 5.39. The Hall–Kier alpha value is -2.74. The predicted octanol–water partition coefficient (Wildman–Crippen LogP) is 5.12. The lowest BCUT2D eigenvalue weighted by Gasteiger charge is -2.33. The second kappa shape index (κ2) is 8.18. The number of halogens is 4. The van der Waals surface area contributed by atoms with Gasteiger partial charge in [-0.25, -0.2) is 9.78 Å². The Bertz CT molecular complexity index is 1030. The van der Waals surface area contributed by atoms with Crippen molar-refractivity contribution in [2.45, 2.75) is 39.3 Å². The van der Waals surface area contributed by atoms with Gasteiger partial charge in [0.1, 0.15) is 11.5 Å². The van der Waals surface area contributed by atoms with Crippen LogP contribution in [-0.4, -0.2) is 23.7 Å². The molecule has 1 aliphatic heterocycles. The Kier molecular flexibility index (Phi) is 5.99. The van der Waals surface area contributed by atoms with Gasteiger partial charge in [0.25, 0.3) is 0 Å². The molecule has 3 rings (SSSR count). The fourth-order valence-corrected chi connectivity index (χ4v) is 3.89. The molecule has 0 spiro atoms. The number of alkyl halides is 3. The number of ether oxygens (including phenoxy) is 1. The van der Waals surface area contributed by atoms with Gasteiger partial charge in [0.2, 0.25) is 0 Å². The molecule has 1 atom stereocenters. The number of hydrogen-bond acceptors (Lipinski definition) is 5. The van der Waals surface area contributed by atoms with Gasteiger partial charge in [0.15, 0.2) is 0 Å². The summed E-state index contributed by atoms with van der Waals surface area (Å²) in [6.07, 6.45) is -4.37. The third-order valence-electron chi connectivity index (χ3n) is 5.05. The first-order valence-corrected chi connectivity index (χ1v) is 9.78. The monoisotopic (exact) mass is 439 g/mol. The fraction of sp³-hybridized carbons (Fsp3) is 0.333. The van der Waals surface area contributed by atoms with Gasteiger partial charge < -0.3 is 15.8 Å². The van der Waals surface area contributed by atoms with Gasteiger partial charge in [-0.05, 0) is 37.5 Å². The summed E-state index contributed by atoms with van der Waals surface area (Å²) < 4.78 is 47.0. The first-order valence-electron chi connectivity index (χ1n) is 9.40. The predicted molar refractivity (Wildman–Crippen MR) is 109 cm³/mol. The molecule has 0 bridgehead atoms. The molecule has 9 heteroatoms. The van der Waals surface area contributed by atoms with Gasteiger partial charge >= 0.3 is 12.1 Å². The molecule has 0 fully saturated rings. The Balaban J connectivity index is 2.43. The van der Waals surface area contributed by atoms with Gasteiger partial charge in [-0.3, -0.25) is 0 Å². The summed E-state index contributed by atoms with van der Waals surface area (Å²) in [6.45, 7) is 5.02. The molecular formula is C21H21ClF3N3O2. The molecular weight excluding hydrogens is 419 g/mol. The van der Waals surface area contributed by atoms with Crippen molar-refractivity contribution in [3.05, 3.63) is 62.9 Å². The highest BCUT2D eigenvalue weighted by atomic mass is 35.5. The molecule has 1 aliphatic rings. The van der Waals surface area contributed by atoms with E-state index in [1.165, 1.54) is 6.92 Å². The van der Waals surface area contributed by atoms with Crippen LogP contribution in [0, 0.1) is 6.92 Å². The summed E-state index contributed by atoms with van der Waals surface area (Å²) in [5, 5.41) is 2.51. The summed E-state index contributed by atoms with van der Waals surface area (Å²) in [4.78, 5) is 17.1. The van der Waals surface area contributed by atoms with E-state index in [9.17, 15) is 18.0 Å². The molecule has 3 N–H and O–H groups in total. The van der Waals surface area contributed by atoms with Crippen LogP contribution < -0.4 is 11.1 Å². The minimum absolute atomic E-state index is 0.0414. The van der Waals surface area contributed by atoms with E-state index in [1.54, 1.807) is 31.2 Å². The number of aryl methyl sites for hydroxylation is 1. The summed E-state index contributed by atoms with van der Waals surface area (Å²) in [7, 11) is 0. The Morgan fingerprint density at radius 1 is 1.30 bits per heavy atom.